The highest BCUT2D eigenvalue weighted by molar-refractivity contribution is 7.90. The lowest BCUT2D eigenvalue weighted by Crippen LogP contribution is -2.33. The van der Waals surface area contributed by atoms with Gasteiger partial charge in [-0.05, 0) is 19.3 Å². The summed E-state index contributed by atoms with van der Waals surface area (Å²) in [6.07, 6.45) is 5.98. The van der Waals surface area contributed by atoms with Crippen molar-refractivity contribution < 1.29 is 17.9 Å². The average Bonchev–Trinajstić information content (AvgIpc) is 3.13. The maximum atomic E-state index is 12.3. The van der Waals surface area contributed by atoms with Crippen LogP contribution in [0.1, 0.15) is 54.6 Å². The molecule has 0 saturated heterocycles. The van der Waals surface area contributed by atoms with Crippen molar-refractivity contribution in [3.05, 3.63) is 11.3 Å². The third kappa shape index (κ3) is 3.68. The number of sulfonamides is 1. The first kappa shape index (κ1) is 16.3. The number of fused-ring (bicyclic) bond motifs is 1. The Balaban J connectivity index is 1.65. The van der Waals surface area contributed by atoms with Crippen LogP contribution >= 0.6 is 0 Å². The summed E-state index contributed by atoms with van der Waals surface area (Å²) >= 11 is 0. The van der Waals surface area contributed by atoms with Gasteiger partial charge in [0.2, 0.25) is 15.9 Å². The number of aryl methyl sites for hydroxylation is 1. The van der Waals surface area contributed by atoms with Crippen LogP contribution < -0.4 is 9.46 Å². The monoisotopic (exact) mass is 341 g/mol. The van der Waals surface area contributed by atoms with E-state index in [-0.39, 0.29) is 11.4 Å². The minimum Gasteiger partial charge on any atom is -0.478 e. The molecule has 7 nitrogen and oxygen atoms in total. The van der Waals surface area contributed by atoms with E-state index in [0.717, 1.165) is 19.3 Å². The van der Waals surface area contributed by atoms with Gasteiger partial charge >= 0.3 is 0 Å². The molecule has 8 heteroatoms. The topological polar surface area (TPSA) is 90.3 Å². The number of rotatable bonds is 5. The zero-order chi connectivity index (χ0) is 16.4. The molecule has 1 fully saturated rings. The molecule has 1 amide bonds. The highest BCUT2D eigenvalue weighted by Crippen LogP contribution is 2.28. The number of carbonyl (C=O) groups excluding carboxylic acids is 1. The Hall–Kier alpha value is -1.57. The fourth-order valence-electron chi connectivity index (χ4n) is 3.33. The van der Waals surface area contributed by atoms with Crippen LogP contribution in [0.15, 0.2) is 0 Å². The molecule has 1 aliphatic heterocycles. The molecule has 0 radical (unpaired) electrons. The van der Waals surface area contributed by atoms with Crippen LogP contribution in [0.2, 0.25) is 0 Å². The summed E-state index contributed by atoms with van der Waals surface area (Å²) in [5.41, 5.74) is 0.722. The molecule has 1 aromatic rings. The second-order valence-corrected chi connectivity index (χ2v) is 8.24. The van der Waals surface area contributed by atoms with Gasteiger partial charge in [0.15, 0.2) is 5.69 Å². The van der Waals surface area contributed by atoms with Crippen molar-refractivity contribution in [2.45, 2.75) is 52.0 Å². The van der Waals surface area contributed by atoms with Gasteiger partial charge in [-0.2, -0.15) is 5.10 Å². The molecule has 1 N–H and O–H groups in total. The van der Waals surface area contributed by atoms with E-state index in [2.05, 4.69) is 9.82 Å². The van der Waals surface area contributed by atoms with E-state index in [4.69, 9.17) is 4.74 Å². The van der Waals surface area contributed by atoms with Gasteiger partial charge in [-0.25, -0.2) is 17.8 Å². The van der Waals surface area contributed by atoms with Gasteiger partial charge in [-0.15, -0.1) is 0 Å². The van der Waals surface area contributed by atoms with Crippen molar-refractivity contribution in [3.8, 4) is 5.88 Å². The first-order chi connectivity index (χ1) is 11.0. The van der Waals surface area contributed by atoms with Gasteiger partial charge < -0.3 is 4.74 Å². The SMILES string of the molecule is Cc1c(C(=O)NS(=O)(=O)CCC2CCCC2)nn2c1OCCC2. The minimum atomic E-state index is -3.62. The van der Waals surface area contributed by atoms with E-state index < -0.39 is 15.9 Å². The van der Waals surface area contributed by atoms with E-state index in [1.807, 2.05) is 0 Å². The molecule has 2 aliphatic rings. The van der Waals surface area contributed by atoms with Crippen molar-refractivity contribution in [2.24, 2.45) is 5.92 Å². The summed E-state index contributed by atoms with van der Waals surface area (Å²) in [5.74, 6) is 0.355. The minimum absolute atomic E-state index is 0.00742. The first-order valence-corrected chi connectivity index (χ1v) is 9.86. The maximum Gasteiger partial charge on any atom is 0.285 e. The summed E-state index contributed by atoms with van der Waals surface area (Å²) in [6.45, 7) is 3.00. The Morgan fingerprint density at radius 2 is 2.09 bits per heavy atom. The van der Waals surface area contributed by atoms with Crippen LogP contribution in [-0.4, -0.2) is 36.5 Å². The van der Waals surface area contributed by atoms with Gasteiger partial charge in [-0.3, -0.25) is 4.79 Å². The number of amides is 1. The second-order valence-electron chi connectivity index (χ2n) is 6.39. The van der Waals surface area contributed by atoms with Gasteiger partial charge in [0, 0.05) is 18.5 Å². The number of nitrogens with one attached hydrogen (secondary N) is 1. The lowest BCUT2D eigenvalue weighted by Gasteiger charge is -2.14. The summed E-state index contributed by atoms with van der Waals surface area (Å²) in [4.78, 5) is 12.3. The third-order valence-electron chi connectivity index (χ3n) is 4.62. The van der Waals surface area contributed by atoms with Crippen LogP contribution in [0.5, 0.6) is 5.88 Å². The normalized spacial score (nSPS) is 18.5. The number of carbonyl (C=O) groups is 1. The number of nitrogens with zero attached hydrogens (tertiary/aromatic N) is 2. The molecule has 1 aromatic heterocycles. The molecule has 3 rings (SSSR count). The lowest BCUT2D eigenvalue weighted by atomic mass is 10.1. The molecule has 23 heavy (non-hydrogen) atoms. The van der Waals surface area contributed by atoms with Crippen LogP contribution in [0.25, 0.3) is 0 Å². The smallest absolute Gasteiger partial charge is 0.285 e. The van der Waals surface area contributed by atoms with E-state index >= 15 is 0 Å². The molecule has 0 spiro atoms. The molecule has 2 heterocycles. The Bertz CT molecular complexity index is 690. The predicted octanol–water partition coefficient (Wildman–Crippen LogP) is 1.61. The van der Waals surface area contributed by atoms with Crippen molar-refractivity contribution in [2.75, 3.05) is 12.4 Å². The first-order valence-electron chi connectivity index (χ1n) is 8.21. The lowest BCUT2D eigenvalue weighted by molar-refractivity contribution is 0.0975. The van der Waals surface area contributed by atoms with Crippen molar-refractivity contribution in [1.82, 2.24) is 14.5 Å². The number of hydrogen-bond acceptors (Lipinski definition) is 5. The third-order valence-corrected chi connectivity index (χ3v) is 5.89. The summed E-state index contributed by atoms with van der Waals surface area (Å²) in [6, 6.07) is 0. The van der Waals surface area contributed by atoms with Crippen LogP contribution in [-0.2, 0) is 16.6 Å². The van der Waals surface area contributed by atoms with E-state index in [1.165, 1.54) is 12.8 Å². The molecule has 1 aliphatic carbocycles. The molecule has 0 bridgehead atoms. The second kappa shape index (κ2) is 6.51. The predicted molar refractivity (Wildman–Crippen MR) is 84.9 cm³/mol. The molecule has 0 aromatic carbocycles. The van der Waals surface area contributed by atoms with E-state index in [0.29, 0.717) is 36.9 Å². The van der Waals surface area contributed by atoms with Gasteiger partial charge in [0.1, 0.15) is 0 Å². The Morgan fingerprint density at radius 3 is 2.78 bits per heavy atom. The van der Waals surface area contributed by atoms with Crippen molar-refractivity contribution >= 4 is 15.9 Å². The summed E-state index contributed by atoms with van der Waals surface area (Å²) in [5, 5.41) is 4.19. The van der Waals surface area contributed by atoms with Crippen LogP contribution in [0.4, 0.5) is 0 Å². The Labute approximate surface area is 136 Å². The van der Waals surface area contributed by atoms with Gasteiger partial charge in [0.25, 0.3) is 5.91 Å². The fourth-order valence-corrected chi connectivity index (χ4v) is 4.46. The zero-order valence-corrected chi connectivity index (χ0v) is 14.2. The number of hydrogen-bond donors (Lipinski definition) is 1. The highest BCUT2D eigenvalue weighted by Gasteiger charge is 2.26. The maximum absolute atomic E-state index is 12.3. The van der Waals surface area contributed by atoms with Crippen molar-refractivity contribution in [1.29, 1.82) is 0 Å². The Kier molecular flexibility index (Phi) is 4.61. The summed E-state index contributed by atoms with van der Waals surface area (Å²) < 4.78 is 33.5. The molecule has 0 unspecified atom stereocenters. The zero-order valence-electron chi connectivity index (χ0n) is 13.4. The number of aromatic nitrogens is 2. The highest BCUT2D eigenvalue weighted by atomic mass is 32.2. The van der Waals surface area contributed by atoms with Gasteiger partial charge in [-0.1, -0.05) is 25.7 Å². The van der Waals surface area contributed by atoms with Crippen molar-refractivity contribution in [3.63, 3.8) is 0 Å². The standard InChI is InChI=1S/C15H23N3O4S/c1-11-13(16-18-8-4-9-22-15(11)18)14(19)17-23(20,21)10-7-12-5-2-3-6-12/h12H,2-10H2,1H3,(H,17,19). The number of ether oxygens (including phenoxy) is 1. The molecular formula is C15H23N3O4S. The molecule has 1 saturated carbocycles. The van der Waals surface area contributed by atoms with Crippen LogP contribution in [0, 0.1) is 12.8 Å². The van der Waals surface area contributed by atoms with Gasteiger partial charge in [0.05, 0.1) is 12.4 Å². The van der Waals surface area contributed by atoms with Crippen LogP contribution in [0.3, 0.4) is 0 Å². The quantitative estimate of drug-likeness (QED) is 0.879. The summed E-state index contributed by atoms with van der Waals surface area (Å²) in [7, 11) is -3.62. The molecule has 128 valence electrons. The van der Waals surface area contributed by atoms with E-state index in [1.54, 1.807) is 11.6 Å². The largest absolute Gasteiger partial charge is 0.478 e. The fraction of sp³-hybridized carbons (Fsp3) is 0.733. The van der Waals surface area contributed by atoms with E-state index in [9.17, 15) is 13.2 Å². The molecule has 0 atom stereocenters. The Morgan fingerprint density at radius 1 is 1.35 bits per heavy atom. The average molecular weight is 341 g/mol. The molecular weight excluding hydrogens is 318 g/mol.